The smallest absolute Gasteiger partial charge is 0.338 e. The number of allylic oxidation sites excluding steroid dienone is 1. The van der Waals surface area contributed by atoms with Crippen LogP contribution in [0.2, 0.25) is 0 Å². The SMILES string of the molecule is C=CCOC(=O)C1=C(C)Nc2ncnn2C1c1ccc(OC)cc1. The Hall–Kier alpha value is -3.09. The summed E-state index contributed by atoms with van der Waals surface area (Å²) in [7, 11) is 1.61. The van der Waals surface area contributed by atoms with Crippen LogP contribution in [0.3, 0.4) is 0 Å². The number of benzene rings is 1. The van der Waals surface area contributed by atoms with Gasteiger partial charge in [0.05, 0.1) is 12.7 Å². The van der Waals surface area contributed by atoms with Crippen molar-refractivity contribution in [2.24, 2.45) is 0 Å². The van der Waals surface area contributed by atoms with Gasteiger partial charge in [0.2, 0.25) is 5.95 Å². The number of nitrogens with one attached hydrogen (secondary N) is 1. The molecule has 0 aliphatic carbocycles. The quantitative estimate of drug-likeness (QED) is 0.671. The van der Waals surface area contributed by atoms with E-state index in [0.717, 1.165) is 11.3 Å². The number of anilines is 1. The second-order valence-corrected chi connectivity index (χ2v) is 5.25. The third-order valence-corrected chi connectivity index (χ3v) is 3.78. The Bertz CT molecular complexity index is 792. The second-order valence-electron chi connectivity index (χ2n) is 5.25. The first kappa shape index (κ1) is 15.8. The van der Waals surface area contributed by atoms with E-state index in [9.17, 15) is 4.79 Å². The minimum atomic E-state index is -0.424. The van der Waals surface area contributed by atoms with Crippen molar-refractivity contribution in [1.82, 2.24) is 14.8 Å². The predicted molar refractivity (Wildman–Crippen MR) is 88.6 cm³/mol. The van der Waals surface area contributed by atoms with Gasteiger partial charge in [-0.2, -0.15) is 10.1 Å². The van der Waals surface area contributed by atoms with Crippen LogP contribution in [-0.4, -0.2) is 34.5 Å². The van der Waals surface area contributed by atoms with E-state index in [4.69, 9.17) is 9.47 Å². The van der Waals surface area contributed by atoms with E-state index in [1.807, 2.05) is 31.2 Å². The van der Waals surface area contributed by atoms with Crippen LogP contribution in [0.4, 0.5) is 5.95 Å². The van der Waals surface area contributed by atoms with Gasteiger partial charge >= 0.3 is 5.97 Å². The van der Waals surface area contributed by atoms with E-state index in [1.54, 1.807) is 11.8 Å². The van der Waals surface area contributed by atoms with Gasteiger partial charge in [0.15, 0.2) is 0 Å². The lowest BCUT2D eigenvalue weighted by Crippen LogP contribution is -2.29. The Morgan fingerprint density at radius 1 is 1.42 bits per heavy atom. The highest BCUT2D eigenvalue weighted by Gasteiger charge is 2.34. The van der Waals surface area contributed by atoms with E-state index in [-0.39, 0.29) is 6.61 Å². The van der Waals surface area contributed by atoms with Gasteiger partial charge in [-0.25, -0.2) is 9.48 Å². The maximum absolute atomic E-state index is 12.6. The average Bonchev–Trinajstić information content (AvgIpc) is 3.06. The lowest BCUT2D eigenvalue weighted by molar-refractivity contribution is -0.138. The molecule has 1 aromatic heterocycles. The van der Waals surface area contributed by atoms with Crippen LogP contribution < -0.4 is 10.1 Å². The summed E-state index contributed by atoms with van der Waals surface area (Å²) in [5, 5.41) is 7.34. The zero-order valence-electron chi connectivity index (χ0n) is 13.5. The normalized spacial score (nSPS) is 16.2. The monoisotopic (exact) mass is 326 g/mol. The number of carbonyl (C=O) groups excluding carboxylic acids is 1. The summed E-state index contributed by atoms with van der Waals surface area (Å²) >= 11 is 0. The number of hydrogen-bond acceptors (Lipinski definition) is 6. The van der Waals surface area contributed by atoms with Gasteiger partial charge in [0, 0.05) is 5.70 Å². The zero-order chi connectivity index (χ0) is 17.1. The van der Waals surface area contributed by atoms with Crippen molar-refractivity contribution in [3.8, 4) is 5.75 Å². The molecule has 3 rings (SSSR count). The summed E-state index contributed by atoms with van der Waals surface area (Å²) < 4.78 is 12.1. The number of ether oxygens (including phenoxy) is 2. The summed E-state index contributed by atoms with van der Waals surface area (Å²) in [5.74, 6) is 0.901. The van der Waals surface area contributed by atoms with Crippen LogP contribution in [0.25, 0.3) is 0 Å². The summed E-state index contributed by atoms with van der Waals surface area (Å²) in [5.41, 5.74) is 2.05. The number of aromatic nitrogens is 3. The van der Waals surface area contributed by atoms with Crippen molar-refractivity contribution in [3.05, 3.63) is 60.1 Å². The number of nitrogens with zero attached hydrogens (tertiary/aromatic N) is 3. The molecule has 1 N–H and O–H groups in total. The van der Waals surface area contributed by atoms with Crippen LogP contribution in [0.1, 0.15) is 18.5 Å². The maximum atomic E-state index is 12.6. The van der Waals surface area contributed by atoms with Crippen molar-refractivity contribution in [3.63, 3.8) is 0 Å². The predicted octanol–water partition coefficient (Wildman–Crippen LogP) is 2.30. The summed E-state index contributed by atoms with van der Waals surface area (Å²) in [4.78, 5) is 16.7. The maximum Gasteiger partial charge on any atom is 0.338 e. The molecule has 2 heterocycles. The highest BCUT2D eigenvalue weighted by molar-refractivity contribution is 5.92. The molecule has 7 nitrogen and oxygen atoms in total. The van der Waals surface area contributed by atoms with Crippen LogP contribution in [0.15, 0.2) is 54.5 Å². The molecule has 0 spiro atoms. The Kier molecular flexibility index (Phi) is 4.33. The minimum absolute atomic E-state index is 0.148. The first-order valence-electron chi connectivity index (χ1n) is 7.45. The molecule has 0 saturated heterocycles. The lowest BCUT2D eigenvalue weighted by Gasteiger charge is -2.28. The van der Waals surface area contributed by atoms with Crippen molar-refractivity contribution in [2.75, 3.05) is 19.0 Å². The van der Waals surface area contributed by atoms with Gasteiger partial charge in [0.1, 0.15) is 24.7 Å². The molecule has 1 atom stereocenters. The van der Waals surface area contributed by atoms with Gasteiger partial charge in [-0.3, -0.25) is 0 Å². The zero-order valence-corrected chi connectivity index (χ0v) is 13.5. The van der Waals surface area contributed by atoms with Gasteiger partial charge in [0.25, 0.3) is 0 Å². The fourth-order valence-electron chi connectivity index (χ4n) is 2.66. The Morgan fingerprint density at radius 2 is 2.17 bits per heavy atom. The molecule has 0 amide bonds. The Labute approximate surface area is 139 Å². The number of carbonyl (C=O) groups is 1. The number of methoxy groups -OCH3 is 1. The highest BCUT2D eigenvalue weighted by Crippen LogP contribution is 2.35. The molecule has 1 unspecified atom stereocenters. The largest absolute Gasteiger partial charge is 0.497 e. The Morgan fingerprint density at radius 3 is 2.83 bits per heavy atom. The molecule has 0 saturated carbocycles. The van der Waals surface area contributed by atoms with Crippen LogP contribution in [0.5, 0.6) is 5.75 Å². The lowest BCUT2D eigenvalue weighted by atomic mass is 9.96. The van der Waals surface area contributed by atoms with Gasteiger partial charge in [-0.15, -0.1) is 0 Å². The Balaban J connectivity index is 2.06. The van der Waals surface area contributed by atoms with E-state index in [1.165, 1.54) is 12.4 Å². The molecule has 124 valence electrons. The molecule has 2 aromatic rings. The molecule has 1 aliphatic rings. The number of fused-ring (bicyclic) bond motifs is 1. The standard InChI is InChI=1S/C17H18N4O3/c1-4-9-24-16(22)14-11(2)20-17-18-10-19-21(17)15(14)12-5-7-13(23-3)8-6-12/h4-8,10,15H,1,9H2,2-3H3,(H,18,19,20). The summed E-state index contributed by atoms with van der Waals surface area (Å²) in [6.45, 7) is 5.54. The molecule has 0 bridgehead atoms. The second kappa shape index (κ2) is 6.57. The van der Waals surface area contributed by atoms with E-state index in [0.29, 0.717) is 17.2 Å². The summed E-state index contributed by atoms with van der Waals surface area (Å²) in [6.07, 6.45) is 2.98. The van der Waals surface area contributed by atoms with E-state index < -0.39 is 12.0 Å². The number of rotatable bonds is 5. The molecule has 0 radical (unpaired) electrons. The first-order chi connectivity index (χ1) is 11.7. The molecule has 1 aromatic carbocycles. The van der Waals surface area contributed by atoms with Crippen LogP contribution in [0, 0.1) is 0 Å². The van der Waals surface area contributed by atoms with E-state index >= 15 is 0 Å². The van der Waals surface area contributed by atoms with Crippen LogP contribution >= 0.6 is 0 Å². The fourth-order valence-corrected chi connectivity index (χ4v) is 2.66. The average molecular weight is 326 g/mol. The van der Waals surface area contributed by atoms with Crippen molar-refractivity contribution < 1.29 is 14.3 Å². The van der Waals surface area contributed by atoms with Gasteiger partial charge in [-0.1, -0.05) is 24.8 Å². The first-order valence-corrected chi connectivity index (χ1v) is 7.45. The topological polar surface area (TPSA) is 78.3 Å². The van der Waals surface area contributed by atoms with Gasteiger partial charge in [-0.05, 0) is 24.6 Å². The molecule has 7 heteroatoms. The van der Waals surface area contributed by atoms with Gasteiger partial charge < -0.3 is 14.8 Å². The van der Waals surface area contributed by atoms with E-state index in [2.05, 4.69) is 22.0 Å². The molecular weight excluding hydrogens is 308 g/mol. The van der Waals surface area contributed by atoms with Crippen LogP contribution in [-0.2, 0) is 9.53 Å². The third kappa shape index (κ3) is 2.76. The fraction of sp³-hybridized carbons (Fsp3) is 0.235. The third-order valence-electron chi connectivity index (χ3n) is 3.78. The highest BCUT2D eigenvalue weighted by atomic mass is 16.5. The number of esters is 1. The van der Waals surface area contributed by atoms with Crippen molar-refractivity contribution >= 4 is 11.9 Å². The molecule has 24 heavy (non-hydrogen) atoms. The minimum Gasteiger partial charge on any atom is -0.497 e. The molecular formula is C17H18N4O3. The number of hydrogen-bond donors (Lipinski definition) is 1. The molecule has 1 aliphatic heterocycles. The van der Waals surface area contributed by atoms with Crippen molar-refractivity contribution in [1.29, 1.82) is 0 Å². The molecule has 0 fully saturated rings. The summed E-state index contributed by atoms with van der Waals surface area (Å²) in [6, 6.07) is 7.06. The van der Waals surface area contributed by atoms with Crippen molar-refractivity contribution in [2.45, 2.75) is 13.0 Å².